The average molecular weight is 370 g/mol. The van der Waals surface area contributed by atoms with E-state index in [1.54, 1.807) is 27.0 Å². The summed E-state index contributed by atoms with van der Waals surface area (Å²) in [4.78, 5) is 28.0. The maximum absolute atomic E-state index is 12.0. The summed E-state index contributed by atoms with van der Waals surface area (Å²) in [5.41, 5.74) is 1.49. The number of hydrogen-bond donors (Lipinski definition) is 2. The first-order chi connectivity index (χ1) is 12.2. The number of hydrogen-bond acceptors (Lipinski definition) is 5. The lowest BCUT2D eigenvalue weighted by molar-refractivity contribution is 0.0636. The molecule has 0 saturated heterocycles. The number of benzene rings is 1. The van der Waals surface area contributed by atoms with E-state index in [1.165, 1.54) is 0 Å². The van der Waals surface area contributed by atoms with Gasteiger partial charge in [-0.15, -0.1) is 11.3 Å². The number of carboxylic acids is 1. The van der Waals surface area contributed by atoms with Gasteiger partial charge in [0.15, 0.2) is 0 Å². The molecule has 6 nitrogen and oxygen atoms in total. The summed E-state index contributed by atoms with van der Waals surface area (Å²) < 4.78 is 5.88. The van der Waals surface area contributed by atoms with Crippen LogP contribution in [-0.2, 0) is 4.74 Å². The number of amides is 1. The fourth-order valence-corrected chi connectivity index (χ4v) is 3.53. The fraction of sp³-hybridized carbons (Fsp3) is 0.211. The van der Waals surface area contributed by atoms with Crippen molar-refractivity contribution in [2.45, 2.75) is 26.4 Å². The molecule has 0 fully saturated rings. The average Bonchev–Trinajstić information content (AvgIpc) is 2.90. The van der Waals surface area contributed by atoms with Crippen molar-refractivity contribution >= 4 is 38.6 Å². The van der Waals surface area contributed by atoms with Gasteiger partial charge in [0, 0.05) is 11.8 Å². The maximum atomic E-state index is 12.0. The topological polar surface area (TPSA) is 88.5 Å². The van der Waals surface area contributed by atoms with E-state index in [1.807, 2.05) is 36.4 Å². The number of nitrogens with zero attached hydrogens (tertiary/aromatic N) is 1. The summed E-state index contributed by atoms with van der Waals surface area (Å²) >= 11 is 1.16. The summed E-state index contributed by atoms with van der Waals surface area (Å²) in [7, 11) is 0. The Labute approximate surface area is 154 Å². The predicted molar refractivity (Wildman–Crippen MR) is 102 cm³/mol. The molecule has 0 saturated carbocycles. The number of carbonyl (C=O) groups excluding carboxylic acids is 1. The second-order valence-corrected chi connectivity index (χ2v) is 7.73. The van der Waals surface area contributed by atoms with Crippen molar-refractivity contribution in [3.8, 4) is 11.1 Å². The van der Waals surface area contributed by atoms with Crippen LogP contribution in [0.1, 0.15) is 31.1 Å². The van der Waals surface area contributed by atoms with Gasteiger partial charge in [-0.2, -0.15) is 0 Å². The Morgan fingerprint density at radius 3 is 2.46 bits per heavy atom. The summed E-state index contributed by atoms with van der Waals surface area (Å²) in [6.07, 6.45) is 0.934. The number of rotatable bonds is 3. The molecule has 2 heterocycles. The minimum absolute atomic E-state index is 0.0320. The van der Waals surface area contributed by atoms with Gasteiger partial charge in [0.25, 0.3) is 0 Å². The molecule has 3 aromatic rings. The van der Waals surface area contributed by atoms with Crippen LogP contribution in [0.4, 0.5) is 9.80 Å². The normalized spacial score (nSPS) is 11.3. The van der Waals surface area contributed by atoms with Crippen LogP contribution in [0.15, 0.2) is 42.6 Å². The monoisotopic (exact) mass is 370 g/mol. The number of carboxylic acid groups (broad SMARTS) is 1. The zero-order chi connectivity index (χ0) is 18.9. The van der Waals surface area contributed by atoms with Crippen LogP contribution in [0.25, 0.3) is 21.3 Å². The lowest BCUT2D eigenvalue weighted by Crippen LogP contribution is -2.27. The van der Waals surface area contributed by atoms with E-state index in [4.69, 9.17) is 4.74 Å². The van der Waals surface area contributed by atoms with Crippen molar-refractivity contribution in [2.75, 3.05) is 5.32 Å². The molecular formula is C19H18N2O4S. The highest BCUT2D eigenvalue weighted by molar-refractivity contribution is 7.23. The van der Waals surface area contributed by atoms with E-state index in [9.17, 15) is 14.7 Å². The molecule has 134 valence electrons. The Kier molecular flexibility index (Phi) is 4.65. The summed E-state index contributed by atoms with van der Waals surface area (Å²) in [6.45, 7) is 5.22. The molecule has 0 atom stereocenters. The van der Waals surface area contributed by atoms with Crippen LogP contribution in [0.2, 0.25) is 0 Å². The number of fused-ring (bicyclic) bond motifs is 1. The number of aromatic carboxylic acids is 1. The highest BCUT2D eigenvalue weighted by Gasteiger charge is 2.24. The molecule has 0 unspecified atom stereocenters. The number of pyridine rings is 1. The molecule has 0 bridgehead atoms. The second kappa shape index (κ2) is 6.76. The Morgan fingerprint density at radius 2 is 1.85 bits per heavy atom. The zero-order valence-electron chi connectivity index (χ0n) is 14.6. The molecular weight excluding hydrogens is 352 g/mol. The molecule has 1 aromatic carbocycles. The fourth-order valence-electron chi connectivity index (χ4n) is 2.45. The Balaban J connectivity index is 2.02. The van der Waals surface area contributed by atoms with Gasteiger partial charge >= 0.3 is 12.1 Å². The highest BCUT2D eigenvalue weighted by atomic mass is 32.1. The first-order valence-electron chi connectivity index (χ1n) is 7.96. The van der Waals surface area contributed by atoms with Gasteiger partial charge < -0.3 is 9.84 Å². The molecule has 0 aliphatic heterocycles. The first kappa shape index (κ1) is 17.9. The third-order valence-electron chi connectivity index (χ3n) is 3.46. The standard InChI is InChI=1S/C19H18N2O4S/c1-19(2,3)25-18(24)21-16-14(17(22)23)15-13(26-16)9-12(10-20-15)11-7-5-4-6-8-11/h4-10H,1-3H3,(H,21,24)(H,22,23). The van der Waals surface area contributed by atoms with E-state index < -0.39 is 17.7 Å². The van der Waals surface area contributed by atoms with E-state index in [0.717, 1.165) is 22.5 Å². The molecule has 7 heteroatoms. The lowest BCUT2D eigenvalue weighted by atomic mass is 10.1. The molecule has 2 N–H and O–H groups in total. The van der Waals surface area contributed by atoms with Crippen LogP contribution in [0.3, 0.4) is 0 Å². The quantitative estimate of drug-likeness (QED) is 0.677. The molecule has 2 aromatic heterocycles. The molecule has 3 rings (SSSR count). The molecule has 1 amide bonds. The number of thiophene rings is 1. The van der Waals surface area contributed by atoms with Crippen LogP contribution in [0, 0.1) is 0 Å². The van der Waals surface area contributed by atoms with Crippen molar-refractivity contribution in [1.29, 1.82) is 0 Å². The minimum atomic E-state index is -1.15. The predicted octanol–water partition coefficient (Wildman–Crippen LogP) is 5.01. The van der Waals surface area contributed by atoms with Crippen molar-refractivity contribution in [3.63, 3.8) is 0 Å². The molecule has 0 aliphatic carbocycles. The molecule has 0 spiro atoms. The van der Waals surface area contributed by atoms with Crippen molar-refractivity contribution in [2.24, 2.45) is 0 Å². The van der Waals surface area contributed by atoms with Gasteiger partial charge in [0.2, 0.25) is 0 Å². The Bertz CT molecular complexity index is 974. The van der Waals surface area contributed by atoms with E-state index >= 15 is 0 Å². The maximum Gasteiger partial charge on any atom is 0.412 e. The third-order valence-corrected chi connectivity index (χ3v) is 4.51. The number of ether oxygens (including phenoxy) is 1. The van der Waals surface area contributed by atoms with Crippen LogP contribution >= 0.6 is 11.3 Å². The first-order valence-corrected chi connectivity index (χ1v) is 8.77. The Morgan fingerprint density at radius 1 is 1.15 bits per heavy atom. The molecule has 0 radical (unpaired) electrons. The SMILES string of the molecule is CC(C)(C)OC(=O)Nc1sc2cc(-c3ccccc3)cnc2c1C(=O)O. The number of nitrogens with one attached hydrogen (secondary N) is 1. The van der Waals surface area contributed by atoms with Crippen LogP contribution in [-0.4, -0.2) is 27.8 Å². The summed E-state index contributed by atoms with van der Waals surface area (Å²) in [5.74, 6) is -1.15. The van der Waals surface area contributed by atoms with Crippen molar-refractivity contribution < 1.29 is 19.4 Å². The van der Waals surface area contributed by atoms with E-state index in [0.29, 0.717) is 10.2 Å². The van der Waals surface area contributed by atoms with E-state index in [-0.39, 0.29) is 10.6 Å². The summed E-state index contributed by atoms with van der Waals surface area (Å²) in [6, 6.07) is 11.5. The van der Waals surface area contributed by atoms with Gasteiger partial charge in [0.1, 0.15) is 16.2 Å². The largest absolute Gasteiger partial charge is 0.478 e. The number of aromatic nitrogens is 1. The van der Waals surface area contributed by atoms with Crippen molar-refractivity contribution in [1.82, 2.24) is 4.98 Å². The Hall–Kier alpha value is -2.93. The summed E-state index contributed by atoms with van der Waals surface area (Å²) in [5, 5.41) is 12.3. The smallest absolute Gasteiger partial charge is 0.412 e. The molecule has 0 aliphatic rings. The second-order valence-electron chi connectivity index (χ2n) is 6.67. The van der Waals surface area contributed by atoms with Crippen LogP contribution < -0.4 is 5.32 Å². The molecule has 26 heavy (non-hydrogen) atoms. The van der Waals surface area contributed by atoms with Gasteiger partial charge in [-0.05, 0) is 32.4 Å². The highest BCUT2D eigenvalue weighted by Crippen LogP contribution is 2.36. The minimum Gasteiger partial charge on any atom is -0.478 e. The lowest BCUT2D eigenvalue weighted by Gasteiger charge is -2.19. The van der Waals surface area contributed by atoms with Gasteiger partial charge in [-0.3, -0.25) is 10.3 Å². The van der Waals surface area contributed by atoms with Gasteiger partial charge in [-0.1, -0.05) is 30.3 Å². The third kappa shape index (κ3) is 3.83. The van der Waals surface area contributed by atoms with Gasteiger partial charge in [-0.25, -0.2) is 9.59 Å². The number of carbonyl (C=O) groups is 2. The number of anilines is 1. The van der Waals surface area contributed by atoms with E-state index in [2.05, 4.69) is 10.3 Å². The van der Waals surface area contributed by atoms with Crippen LogP contribution in [0.5, 0.6) is 0 Å². The van der Waals surface area contributed by atoms with Gasteiger partial charge in [0.05, 0.1) is 10.2 Å². The zero-order valence-corrected chi connectivity index (χ0v) is 15.4. The van der Waals surface area contributed by atoms with Crippen molar-refractivity contribution in [3.05, 3.63) is 48.2 Å².